The standard InChI is InChI=1S/C18H16N2O/c19-18(12-4-5-14-10-21-11-15(14)8-12)17-3-1-2-13-9-20-7-6-16(13)17/h1-9,18H,10-11,19H2. The molecule has 0 amide bonds. The molecular formula is C18H16N2O. The van der Waals surface area contributed by atoms with Crippen LogP contribution in [0.15, 0.2) is 54.9 Å². The Morgan fingerprint density at radius 1 is 1.05 bits per heavy atom. The van der Waals surface area contributed by atoms with Gasteiger partial charge in [-0.05, 0) is 33.7 Å². The summed E-state index contributed by atoms with van der Waals surface area (Å²) in [5.41, 5.74) is 11.3. The van der Waals surface area contributed by atoms with Gasteiger partial charge in [-0.15, -0.1) is 0 Å². The summed E-state index contributed by atoms with van der Waals surface area (Å²) in [4.78, 5) is 4.18. The van der Waals surface area contributed by atoms with Crippen LogP contribution in [-0.4, -0.2) is 4.98 Å². The summed E-state index contributed by atoms with van der Waals surface area (Å²) in [5, 5.41) is 2.28. The van der Waals surface area contributed by atoms with E-state index in [9.17, 15) is 0 Å². The SMILES string of the molecule is NC(c1ccc2c(c1)COC2)c1cccc2cnccc12. The number of ether oxygens (including phenoxy) is 1. The van der Waals surface area contributed by atoms with E-state index in [1.165, 1.54) is 11.1 Å². The van der Waals surface area contributed by atoms with Gasteiger partial charge < -0.3 is 10.5 Å². The van der Waals surface area contributed by atoms with Crippen LogP contribution in [0.4, 0.5) is 0 Å². The Balaban J connectivity index is 1.81. The molecule has 4 rings (SSSR count). The molecule has 3 nitrogen and oxygen atoms in total. The number of benzene rings is 2. The normalized spacial score (nSPS) is 15.1. The van der Waals surface area contributed by atoms with Crippen LogP contribution in [0.25, 0.3) is 10.8 Å². The second-order valence-electron chi connectivity index (χ2n) is 5.44. The zero-order valence-electron chi connectivity index (χ0n) is 11.6. The van der Waals surface area contributed by atoms with Crippen LogP contribution in [0, 0.1) is 0 Å². The Kier molecular flexibility index (Phi) is 2.95. The molecule has 2 N–H and O–H groups in total. The van der Waals surface area contributed by atoms with E-state index in [2.05, 4.69) is 35.3 Å². The van der Waals surface area contributed by atoms with Gasteiger partial charge in [0.25, 0.3) is 0 Å². The van der Waals surface area contributed by atoms with Crippen LogP contribution in [0.1, 0.15) is 28.3 Å². The molecule has 0 aliphatic carbocycles. The lowest BCUT2D eigenvalue weighted by Gasteiger charge is -2.16. The van der Waals surface area contributed by atoms with Gasteiger partial charge in [0.15, 0.2) is 0 Å². The van der Waals surface area contributed by atoms with Gasteiger partial charge in [0.1, 0.15) is 0 Å². The fourth-order valence-corrected chi connectivity index (χ4v) is 2.98. The lowest BCUT2D eigenvalue weighted by molar-refractivity contribution is 0.134. The first-order valence-electron chi connectivity index (χ1n) is 7.10. The minimum atomic E-state index is -0.137. The third kappa shape index (κ3) is 2.11. The zero-order valence-corrected chi connectivity index (χ0v) is 11.6. The average Bonchev–Trinajstić information content (AvgIpc) is 3.01. The number of pyridine rings is 1. The van der Waals surface area contributed by atoms with E-state index >= 15 is 0 Å². The third-order valence-electron chi connectivity index (χ3n) is 4.15. The first-order chi connectivity index (χ1) is 10.3. The monoisotopic (exact) mass is 276 g/mol. The van der Waals surface area contributed by atoms with Gasteiger partial charge in [-0.3, -0.25) is 4.98 Å². The van der Waals surface area contributed by atoms with E-state index in [0.717, 1.165) is 21.9 Å². The topological polar surface area (TPSA) is 48.1 Å². The van der Waals surface area contributed by atoms with Gasteiger partial charge in [-0.2, -0.15) is 0 Å². The van der Waals surface area contributed by atoms with Gasteiger partial charge >= 0.3 is 0 Å². The molecule has 104 valence electrons. The summed E-state index contributed by atoms with van der Waals surface area (Å²) >= 11 is 0. The van der Waals surface area contributed by atoms with Crippen molar-refractivity contribution in [3.05, 3.63) is 77.1 Å². The van der Waals surface area contributed by atoms with Gasteiger partial charge in [0.2, 0.25) is 0 Å². The Morgan fingerprint density at radius 2 is 1.95 bits per heavy atom. The molecule has 0 saturated carbocycles. The van der Waals surface area contributed by atoms with Gasteiger partial charge in [0.05, 0.1) is 19.3 Å². The highest BCUT2D eigenvalue weighted by atomic mass is 16.5. The van der Waals surface area contributed by atoms with Crippen molar-refractivity contribution in [2.24, 2.45) is 5.73 Å². The Hall–Kier alpha value is -2.23. The molecule has 3 aromatic rings. The average molecular weight is 276 g/mol. The third-order valence-corrected chi connectivity index (χ3v) is 4.15. The Labute approximate surface area is 123 Å². The van der Waals surface area contributed by atoms with Crippen molar-refractivity contribution in [1.82, 2.24) is 4.98 Å². The highest BCUT2D eigenvalue weighted by Crippen LogP contribution is 2.29. The number of hydrogen-bond acceptors (Lipinski definition) is 3. The number of nitrogens with two attached hydrogens (primary N) is 1. The van der Waals surface area contributed by atoms with Gasteiger partial charge in [-0.1, -0.05) is 36.4 Å². The highest BCUT2D eigenvalue weighted by Gasteiger charge is 2.16. The molecular weight excluding hydrogens is 260 g/mol. The Morgan fingerprint density at radius 3 is 2.90 bits per heavy atom. The first kappa shape index (κ1) is 12.5. The van der Waals surface area contributed by atoms with Crippen molar-refractivity contribution in [3.63, 3.8) is 0 Å². The van der Waals surface area contributed by atoms with E-state index in [4.69, 9.17) is 10.5 Å². The zero-order chi connectivity index (χ0) is 14.2. The van der Waals surface area contributed by atoms with Crippen molar-refractivity contribution in [1.29, 1.82) is 0 Å². The summed E-state index contributed by atoms with van der Waals surface area (Å²) in [5.74, 6) is 0. The maximum absolute atomic E-state index is 6.52. The summed E-state index contributed by atoms with van der Waals surface area (Å²) in [6.07, 6.45) is 3.69. The molecule has 0 bridgehead atoms. The minimum Gasteiger partial charge on any atom is -0.372 e. The van der Waals surface area contributed by atoms with Crippen LogP contribution in [-0.2, 0) is 18.0 Å². The van der Waals surface area contributed by atoms with Gasteiger partial charge in [0, 0.05) is 17.8 Å². The van der Waals surface area contributed by atoms with E-state index in [1.54, 1.807) is 0 Å². The number of fused-ring (bicyclic) bond motifs is 2. The van der Waals surface area contributed by atoms with Crippen molar-refractivity contribution < 1.29 is 4.74 Å². The summed E-state index contributed by atoms with van der Waals surface area (Å²) in [6.45, 7) is 1.40. The van der Waals surface area contributed by atoms with Crippen LogP contribution >= 0.6 is 0 Å². The predicted octanol–water partition coefficient (Wildman–Crippen LogP) is 3.31. The number of nitrogens with zero attached hydrogens (tertiary/aromatic N) is 1. The lowest BCUT2D eigenvalue weighted by Crippen LogP contribution is -2.12. The van der Waals surface area contributed by atoms with Gasteiger partial charge in [-0.25, -0.2) is 0 Å². The van der Waals surface area contributed by atoms with E-state index in [1.807, 2.05) is 24.5 Å². The van der Waals surface area contributed by atoms with Crippen molar-refractivity contribution in [3.8, 4) is 0 Å². The smallest absolute Gasteiger partial charge is 0.0725 e. The molecule has 1 aliphatic heterocycles. The molecule has 21 heavy (non-hydrogen) atoms. The maximum atomic E-state index is 6.52. The van der Waals surface area contributed by atoms with Crippen LogP contribution < -0.4 is 5.73 Å². The molecule has 0 spiro atoms. The number of hydrogen-bond donors (Lipinski definition) is 1. The fourth-order valence-electron chi connectivity index (χ4n) is 2.98. The summed E-state index contributed by atoms with van der Waals surface area (Å²) in [7, 11) is 0. The van der Waals surface area contributed by atoms with Crippen LogP contribution in [0.5, 0.6) is 0 Å². The van der Waals surface area contributed by atoms with Crippen LogP contribution in [0.2, 0.25) is 0 Å². The van der Waals surface area contributed by atoms with E-state index in [-0.39, 0.29) is 6.04 Å². The molecule has 1 aromatic heterocycles. The van der Waals surface area contributed by atoms with Crippen molar-refractivity contribution >= 4 is 10.8 Å². The maximum Gasteiger partial charge on any atom is 0.0725 e. The first-order valence-corrected chi connectivity index (χ1v) is 7.10. The van der Waals surface area contributed by atoms with Crippen molar-refractivity contribution in [2.45, 2.75) is 19.3 Å². The largest absolute Gasteiger partial charge is 0.372 e. The Bertz CT molecular complexity index is 808. The predicted molar refractivity (Wildman–Crippen MR) is 82.7 cm³/mol. The molecule has 1 atom stereocenters. The molecule has 2 aromatic carbocycles. The second kappa shape index (κ2) is 4.95. The van der Waals surface area contributed by atoms with E-state index in [0.29, 0.717) is 13.2 Å². The molecule has 0 radical (unpaired) electrons. The molecule has 1 unspecified atom stereocenters. The highest BCUT2D eigenvalue weighted by molar-refractivity contribution is 5.85. The molecule has 2 heterocycles. The fraction of sp³-hybridized carbons (Fsp3) is 0.167. The molecule has 1 aliphatic rings. The lowest BCUT2D eigenvalue weighted by atomic mass is 9.93. The molecule has 0 fully saturated rings. The molecule has 3 heteroatoms. The summed E-state index contributed by atoms with van der Waals surface area (Å²) < 4.78 is 5.48. The second-order valence-corrected chi connectivity index (χ2v) is 5.44. The quantitative estimate of drug-likeness (QED) is 0.781. The minimum absolute atomic E-state index is 0.137. The summed E-state index contributed by atoms with van der Waals surface area (Å²) in [6, 6.07) is 14.5. The number of aromatic nitrogens is 1. The van der Waals surface area contributed by atoms with Crippen molar-refractivity contribution in [2.75, 3.05) is 0 Å². The van der Waals surface area contributed by atoms with E-state index < -0.39 is 0 Å². The number of rotatable bonds is 2. The molecule has 0 saturated heterocycles. The van der Waals surface area contributed by atoms with Crippen LogP contribution in [0.3, 0.4) is 0 Å².